The fraction of sp³-hybridized carbons (Fsp3) is 0.476. The van der Waals surface area contributed by atoms with E-state index < -0.39 is 55.1 Å². The molecule has 1 aromatic carbocycles. The first-order valence-electron chi connectivity index (χ1n) is 10.3. The summed E-state index contributed by atoms with van der Waals surface area (Å²) in [6.45, 7) is -0.339. The van der Waals surface area contributed by atoms with Gasteiger partial charge >= 0.3 is 18.0 Å². The Kier molecular flexibility index (Phi) is 9.95. The molecule has 0 bridgehead atoms. The normalized spacial score (nSPS) is 21.8. The number of esters is 1. The van der Waals surface area contributed by atoms with E-state index in [4.69, 9.17) is 14.6 Å². The third kappa shape index (κ3) is 9.02. The Bertz CT molecular complexity index is 815. The molecule has 3 amide bonds. The van der Waals surface area contributed by atoms with E-state index in [0.717, 1.165) is 0 Å². The van der Waals surface area contributed by atoms with Gasteiger partial charge < -0.3 is 30.5 Å². The second kappa shape index (κ2) is 12.9. The minimum Gasteiger partial charge on any atom is -0.481 e. The Hall–Kier alpha value is -3.63. The van der Waals surface area contributed by atoms with Crippen molar-refractivity contribution in [3.05, 3.63) is 35.9 Å². The summed E-state index contributed by atoms with van der Waals surface area (Å²) >= 11 is 0. The third-order valence-electron chi connectivity index (χ3n) is 4.66. The molecule has 1 saturated heterocycles. The highest BCUT2D eigenvalue weighted by atomic mass is 16.7. The Morgan fingerprint density at radius 2 is 1.72 bits per heavy atom. The van der Waals surface area contributed by atoms with E-state index in [0.29, 0.717) is 31.4 Å². The maximum Gasteiger partial charge on any atom is 0.410 e. The maximum absolute atomic E-state index is 12.7. The molecule has 1 heterocycles. The second-order valence-electron chi connectivity index (χ2n) is 7.22. The highest BCUT2D eigenvalue weighted by Crippen LogP contribution is 2.07. The lowest BCUT2D eigenvalue weighted by Gasteiger charge is -2.22. The molecule has 11 nitrogen and oxygen atoms in total. The van der Waals surface area contributed by atoms with Gasteiger partial charge in [-0.15, -0.1) is 0 Å². The molecule has 2 atom stereocenters. The van der Waals surface area contributed by atoms with E-state index in [1.54, 1.807) is 30.3 Å². The molecule has 11 heteroatoms. The van der Waals surface area contributed by atoms with Crippen molar-refractivity contribution in [2.24, 2.45) is 0 Å². The Morgan fingerprint density at radius 3 is 2.44 bits per heavy atom. The van der Waals surface area contributed by atoms with Gasteiger partial charge in [0, 0.05) is 19.4 Å². The van der Waals surface area contributed by atoms with Crippen LogP contribution in [0.15, 0.2) is 30.3 Å². The molecular weight excluding hydrogens is 422 g/mol. The number of alkyl carbamates (subject to hydrolysis) is 1. The number of cyclic esters (lactones) is 2. The van der Waals surface area contributed by atoms with Crippen LogP contribution in [0.2, 0.25) is 0 Å². The lowest BCUT2D eigenvalue weighted by molar-refractivity contribution is -0.155. The molecule has 1 fully saturated rings. The van der Waals surface area contributed by atoms with Crippen molar-refractivity contribution in [2.45, 2.75) is 50.6 Å². The fourth-order valence-corrected chi connectivity index (χ4v) is 3.04. The van der Waals surface area contributed by atoms with Crippen LogP contribution in [0.3, 0.4) is 0 Å². The molecule has 4 N–H and O–H groups in total. The lowest BCUT2D eigenvalue weighted by atomic mass is 10.0. The first-order chi connectivity index (χ1) is 15.3. The highest BCUT2D eigenvalue weighted by molar-refractivity contribution is 5.93. The minimum absolute atomic E-state index is 0.0470. The van der Waals surface area contributed by atoms with Gasteiger partial charge in [-0.25, -0.2) is 9.59 Å². The fourth-order valence-electron chi connectivity index (χ4n) is 3.04. The summed E-state index contributed by atoms with van der Waals surface area (Å²) in [6.07, 6.45) is 0.422. The van der Waals surface area contributed by atoms with E-state index in [-0.39, 0.29) is 12.8 Å². The van der Waals surface area contributed by atoms with Gasteiger partial charge in [-0.1, -0.05) is 36.8 Å². The number of rotatable bonds is 4. The summed E-state index contributed by atoms with van der Waals surface area (Å²) in [5.41, 5.74) is 0.707. The van der Waals surface area contributed by atoms with Crippen LogP contribution in [-0.4, -0.2) is 60.4 Å². The van der Waals surface area contributed by atoms with Gasteiger partial charge in [0.05, 0.1) is 6.42 Å². The molecule has 1 aliphatic rings. The van der Waals surface area contributed by atoms with E-state index in [1.165, 1.54) is 0 Å². The molecule has 0 unspecified atom stereocenters. The predicted molar refractivity (Wildman–Crippen MR) is 110 cm³/mol. The van der Waals surface area contributed by atoms with Crippen molar-refractivity contribution < 1.29 is 38.6 Å². The molecule has 32 heavy (non-hydrogen) atoms. The topological polar surface area (TPSA) is 160 Å². The number of carbonyl (C=O) groups is 5. The number of hydrogen-bond acceptors (Lipinski definition) is 7. The van der Waals surface area contributed by atoms with Crippen molar-refractivity contribution in [1.82, 2.24) is 16.0 Å². The van der Waals surface area contributed by atoms with Crippen LogP contribution in [0, 0.1) is 0 Å². The van der Waals surface area contributed by atoms with E-state index in [2.05, 4.69) is 16.0 Å². The summed E-state index contributed by atoms with van der Waals surface area (Å²) in [5.74, 6) is -3.47. The van der Waals surface area contributed by atoms with E-state index in [9.17, 15) is 24.0 Å². The standard InChI is InChI=1S/C21H27N3O8/c25-17-9-5-2-6-10-22-21(30)32-13-31-20(29)16(11-14-7-3-1-4-8-14)24-19(28)15(23-17)12-18(26)27/h1,3-4,7-8,15-16H,2,5-6,9-13H2,(H,22,30)(H,23,25)(H,24,28)(H,26,27)/t15-,16-/m0/s1. The monoisotopic (exact) mass is 449 g/mol. The van der Waals surface area contributed by atoms with Gasteiger partial charge in [-0.2, -0.15) is 0 Å². The molecule has 174 valence electrons. The van der Waals surface area contributed by atoms with Crippen LogP contribution in [-0.2, 0) is 35.1 Å². The Morgan fingerprint density at radius 1 is 0.969 bits per heavy atom. The van der Waals surface area contributed by atoms with E-state index in [1.807, 2.05) is 0 Å². The van der Waals surface area contributed by atoms with Gasteiger partial charge in [-0.3, -0.25) is 14.4 Å². The molecule has 1 aromatic rings. The van der Waals surface area contributed by atoms with Crippen molar-refractivity contribution in [3.8, 4) is 0 Å². The van der Waals surface area contributed by atoms with Crippen molar-refractivity contribution in [3.63, 3.8) is 0 Å². The van der Waals surface area contributed by atoms with Crippen molar-refractivity contribution in [2.75, 3.05) is 13.3 Å². The number of amides is 3. The second-order valence-corrected chi connectivity index (χ2v) is 7.22. The van der Waals surface area contributed by atoms with Crippen LogP contribution in [0.5, 0.6) is 0 Å². The number of carboxylic acid groups (broad SMARTS) is 1. The van der Waals surface area contributed by atoms with Crippen LogP contribution in [0.25, 0.3) is 0 Å². The zero-order valence-corrected chi connectivity index (χ0v) is 17.5. The molecule has 0 saturated carbocycles. The Labute approximate surface area is 184 Å². The van der Waals surface area contributed by atoms with Gasteiger partial charge in [0.25, 0.3) is 0 Å². The summed E-state index contributed by atoms with van der Waals surface area (Å²) in [6, 6.07) is 6.21. The van der Waals surface area contributed by atoms with Crippen LogP contribution >= 0.6 is 0 Å². The third-order valence-corrected chi connectivity index (χ3v) is 4.66. The number of nitrogens with one attached hydrogen (secondary N) is 3. The van der Waals surface area contributed by atoms with Crippen molar-refractivity contribution in [1.29, 1.82) is 0 Å². The SMILES string of the molecule is O=C(O)C[C@@H]1NC(=O)CCCCCNC(=O)OCOC(=O)[C@H](Cc2ccccc2)NC1=O. The van der Waals surface area contributed by atoms with Crippen molar-refractivity contribution >= 4 is 29.8 Å². The summed E-state index contributed by atoms with van der Waals surface area (Å²) in [4.78, 5) is 60.4. The molecular formula is C21H27N3O8. The minimum atomic E-state index is -1.36. The molecule has 0 spiro atoms. The first-order valence-corrected chi connectivity index (χ1v) is 10.3. The zero-order valence-electron chi connectivity index (χ0n) is 17.5. The van der Waals surface area contributed by atoms with Crippen LogP contribution < -0.4 is 16.0 Å². The average Bonchev–Trinajstić information content (AvgIpc) is 2.75. The summed E-state index contributed by atoms with van der Waals surface area (Å²) < 4.78 is 9.77. The number of carboxylic acids is 1. The van der Waals surface area contributed by atoms with E-state index >= 15 is 0 Å². The lowest BCUT2D eigenvalue weighted by Crippen LogP contribution is -2.53. The molecule has 0 aliphatic carbocycles. The average molecular weight is 449 g/mol. The molecule has 2 rings (SSSR count). The molecule has 1 aliphatic heterocycles. The molecule has 0 radical (unpaired) electrons. The number of hydrogen-bond donors (Lipinski definition) is 4. The number of benzene rings is 1. The smallest absolute Gasteiger partial charge is 0.410 e. The van der Waals surface area contributed by atoms with Crippen LogP contribution in [0.1, 0.15) is 37.7 Å². The van der Waals surface area contributed by atoms with Gasteiger partial charge in [0.15, 0.2) is 0 Å². The first kappa shape index (κ1) is 24.6. The summed E-state index contributed by atoms with van der Waals surface area (Å²) in [7, 11) is 0. The van der Waals surface area contributed by atoms with Gasteiger partial charge in [0.2, 0.25) is 18.6 Å². The summed E-state index contributed by atoms with van der Waals surface area (Å²) in [5, 5.41) is 16.5. The number of aliphatic carboxylic acids is 1. The number of ether oxygens (including phenoxy) is 2. The van der Waals surface area contributed by atoms with Gasteiger partial charge in [0.1, 0.15) is 12.1 Å². The predicted octanol–water partition coefficient (Wildman–Crippen LogP) is 0.474. The zero-order chi connectivity index (χ0) is 23.3. The van der Waals surface area contributed by atoms with Crippen LogP contribution in [0.4, 0.5) is 4.79 Å². The largest absolute Gasteiger partial charge is 0.481 e. The number of carbonyl (C=O) groups excluding carboxylic acids is 4. The molecule has 0 aromatic heterocycles. The highest BCUT2D eigenvalue weighted by Gasteiger charge is 2.29. The van der Waals surface area contributed by atoms with Gasteiger partial charge in [-0.05, 0) is 18.4 Å². The maximum atomic E-state index is 12.7. The quantitative estimate of drug-likeness (QED) is 0.483. The Balaban J connectivity index is 2.19.